The normalized spacial score (nSPS) is 12.1. The van der Waals surface area contributed by atoms with Gasteiger partial charge in [-0.2, -0.15) is 0 Å². The Hall–Kier alpha value is -3.55. The number of rotatable bonds is 9. The molecular formula is C30H30N2O3S2. The first kappa shape index (κ1) is 26.5. The number of nitrogens with zero attached hydrogens (tertiary/aromatic N) is 1. The van der Waals surface area contributed by atoms with E-state index in [4.69, 9.17) is 0 Å². The van der Waals surface area contributed by atoms with Crippen LogP contribution in [0.2, 0.25) is 0 Å². The minimum Gasteiger partial charge on any atom is -0.341 e. The van der Waals surface area contributed by atoms with Crippen LogP contribution in [0.3, 0.4) is 0 Å². The predicted octanol–water partition coefficient (Wildman–Crippen LogP) is 6.45. The molecule has 0 heterocycles. The molecule has 7 heteroatoms. The van der Waals surface area contributed by atoms with Crippen molar-refractivity contribution in [1.29, 1.82) is 0 Å². The van der Waals surface area contributed by atoms with Gasteiger partial charge in [0, 0.05) is 17.0 Å². The molecule has 0 saturated carbocycles. The summed E-state index contributed by atoms with van der Waals surface area (Å²) in [6.07, 6.45) is 1.95. The Morgan fingerprint density at radius 2 is 1.49 bits per heavy atom. The van der Waals surface area contributed by atoms with Crippen LogP contribution in [0, 0.1) is 6.92 Å². The third-order valence-corrected chi connectivity index (χ3v) is 8.92. The molecule has 0 bridgehead atoms. The predicted molar refractivity (Wildman–Crippen MR) is 152 cm³/mol. The van der Waals surface area contributed by atoms with Gasteiger partial charge in [-0.15, -0.1) is 11.8 Å². The lowest BCUT2D eigenvalue weighted by Crippen LogP contribution is -2.31. The summed E-state index contributed by atoms with van der Waals surface area (Å²) in [6.45, 7) is 4.09. The summed E-state index contributed by atoms with van der Waals surface area (Å²) in [5, 5.41) is 3.16. The molecule has 37 heavy (non-hydrogen) atoms. The second-order valence-electron chi connectivity index (χ2n) is 8.57. The highest BCUT2D eigenvalue weighted by molar-refractivity contribution is 7.98. The highest BCUT2D eigenvalue weighted by Gasteiger charge is 2.24. The zero-order valence-corrected chi connectivity index (χ0v) is 22.7. The van der Waals surface area contributed by atoms with Crippen LogP contribution < -0.4 is 9.62 Å². The van der Waals surface area contributed by atoms with Crippen molar-refractivity contribution >= 4 is 33.4 Å². The fourth-order valence-corrected chi connectivity index (χ4v) is 6.14. The smallest absolute Gasteiger partial charge is 0.264 e. The average Bonchev–Trinajstić information content (AvgIpc) is 2.93. The van der Waals surface area contributed by atoms with Gasteiger partial charge in [0.05, 0.1) is 16.6 Å². The van der Waals surface area contributed by atoms with Crippen LogP contribution >= 0.6 is 11.8 Å². The van der Waals surface area contributed by atoms with Gasteiger partial charge in [0.15, 0.2) is 0 Å². The maximum atomic E-state index is 13.3. The molecule has 0 fully saturated rings. The molecule has 1 amide bonds. The number of thioether (sulfide) groups is 1. The summed E-state index contributed by atoms with van der Waals surface area (Å²) >= 11 is 1.56. The largest absolute Gasteiger partial charge is 0.341 e. The molecule has 4 aromatic carbocycles. The van der Waals surface area contributed by atoms with Gasteiger partial charge in [-0.1, -0.05) is 54.6 Å². The molecule has 4 rings (SSSR count). The third kappa shape index (κ3) is 5.89. The number of hydrogen-bond donors (Lipinski definition) is 1. The Balaban J connectivity index is 1.58. The van der Waals surface area contributed by atoms with Gasteiger partial charge < -0.3 is 5.32 Å². The van der Waals surface area contributed by atoms with E-state index in [0.29, 0.717) is 11.3 Å². The van der Waals surface area contributed by atoms with Gasteiger partial charge in [-0.05, 0) is 85.3 Å². The van der Waals surface area contributed by atoms with E-state index in [9.17, 15) is 13.2 Å². The van der Waals surface area contributed by atoms with Crippen molar-refractivity contribution < 1.29 is 13.2 Å². The van der Waals surface area contributed by atoms with Crippen molar-refractivity contribution in [2.75, 3.05) is 17.1 Å². The SMILES string of the molecule is CCN(c1ccc(C(=O)N[C@H](c2ccccc2)c2ccccc2C)cc1)S(=O)(=O)c1ccc(SC)cc1. The number of carbonyl (C=O) groups excluding carboxylic acids is 1. The number of hydrogen-bond acceptors (Lipinski definition) is 4. The zero-order valence-electron chi connectivity index (χ0n) is 21.1. The molecule has 0 spiro atoms. The molecule has 5 nitrogen and oxygen atoms in total. The van der Waals surface area contributed by atoms with Crippen LogP contribution in [0.4, 0.5) is 5.69 Å². The summed E-state index contributed by atoms with van der Waals surface area (Å²) in [5.41, 5.74) is 4.05. The molecule has 0 unspecified atom stereocenters. The second kappa shape index (κ2) is 11.7. The fourth-order valence-electron chi connectivity index (χ4n) is 4.26. The number of carbonyl (C=O) groups is 1. The van der Waals surface area contributed by atoms with Crippen molar-refractivity contribution in [2.45, 2.75) is 29.7 Å². The lowest BCUT2D eigenvalue weighted by molar-refractivity contribution is 0.0943. The molecule has 0 aromatic heterocycles. The molecule has 4 aromatic rings. The molecule has 0 aliphatic carbocycles. The maximum Gasteiger partial charge on any atom is 0.264 e. The summed E-state index contributed by atoms with van der Waals surface area (Å²) in [5.74, 6) is -0.234. The number of aryl methyl sites for hydroxylation is 1. The Morgan fingerprint density at radius 1 is 0.865 bits per heavy atom. The highest BCUT2D eigenvalue weighted by Crippen LogP contribution is 2.27. The van der Waals surface area contributed by atoms with Crippen molar-refractivity contribution in [2.24, 2.45) is 0 Å². The first-order chi connectivity index (χ1) is 17.8. The monoisotopic (exact) mass is 530 g/mol. The molecule has 1 N–H and O–H groups in total. The van der Waals surface area contributed by atoms with E-state index in [-0.39, 0.29) is 23.4 Å². The zero-order chi connectivity index (χ0) is 26.4. The van der Waals surface area contributed by atoms with Gasteiger partial charge in [-0.25, -0.2) is 8.42 Å². The van der Waals surface area contributed by atoms with Gasteiger partial charge >= 0.3 is 0 Å². The van der Waals surface area contributed by atoms with E-state index in [1.807, 2.05) is 67.8 Å². The van der Waals surface area contributed by atoms with E-state index in [0.717, 1.165) is 21.6 Å². The number of anilines is 1. The number of benzene rings is 4. The minimum absolute atomic E-state index is 0.234. The minimum atomic E-state index is -3.73. The van der Waals surface area contributed by atoms with Crippen molar-refractivity contribution in [3.05, 3.63) is 125 Å². The Labute approximate surface area is 223 Å². The maximum absolute atomic E-state index is 13.3. The van der Waals surface area contributed by atoms with Crippen LogP contribution in [0.15, 0.2) is 113 Å². The Bertz CT molecular complexity index is 1450. The summed E-state index contributed by atoms with van der Waals surface area (Å²) in [7, 11) is -3.73. The topological polar surface area (TPSA) is 66.5 Å². The van der Waals surface area contributed by atoms with Gasteiger partial charge in [0.25, 0.3) is 15.9 Å². The molecule has 0 aliphatic rings. The Morgan fingerprint density at radius 3 is 2.08 bits per heavy atom. The lowest BCUT2D eigenvalue weighted by Gasteiger charge is -2.24. The highest BCUT2D eigenvalue weighted by atomic mass is 32.2. The van der Waals surface area contributed by atoms with Crippen LogP contribution in [-0.2, 0) is 10.0 Å². The first-order valence-electron chi connectivity index (χ1n) is 12.0. The molecular weight excluding hydrogens is 500 g/mol. The van der Waals surface area contributed by atoms with Gasteiger partial charge in [0.1, 0.15) is 0 Å². The van der Waals surface area contributed by atoms with E-state index in [2.05, 4.69) is 5.32 Å². The number of amides is 1. The van der Waals surface area contributed by atoms with Crippen LogP contribution in [0.5, 0.6) is 0 Å². The van der Waals surface area contributed by atoms with E-state index in [1.54, 1.807) is 67.2 Å². The molecule has 190 valence electrons. The quantitative estimate of drug-likeness (QED) is 0.253. The van der Waals surface area contributed by atoms with E-state index in [1.165, 1.54) is 4.31 Å². The molecule has 1 atom stereocenters. The fraction of sp³-hybridized carbons (Fsp3) is 0.167. The first-order valence-corrected chi connectivity index (χ1v) is 14.7. The summed E-state index contributed by atoms with van der Waals surface area (Å²) in [4.78, 5) is 14.5. The van der Waals surface area contributed by atoms with Crippen molar-refractivity contribution in [3.8, 4) is 0 Å². The molecule has 0 saturated heterocycles. The standard InChI is InChI=1S/C30H30N2O3S2/c1-4-32(37(34,35)27-20-18-26(36-3)19-21-27)25-16-14-24(15-17-25)30(33)31-29(23-11-6-5-7-12-23)28-13-9-8-10-22(28)2/h5-21,29H,4H2,1-3H3,(H,31,33)/t29-/m1/s1. The van der Waals surface area contributed by atoms with E-state index < -0.39 is 10.0 Å². The van der Waals surface area contributed by atoms with E-state index >= 15 is 0 Å². The van der Waals surface area contributed by atoms with Gasteiger partial charge in [0.2, 0.25) is 0 Å². The summed E-state index contributed by atoms with van der Waals surface area (Å²) < 4.78 is 28.0. The summed E-state index contributed by atoms with van der Waals surface area (Å²) in [6, 6.07) is 31.1. The molecule has 0 radical (unpaired) electrons. The van der Waals surface area contributed by atoms with Crippen LogP contribution in [0.1, 0.15) is 40.0 Å². The number of nitrogens with one attached hydrogen (secondary N) is 1. The van der Waals surface area contributed by atoms with Crippen LogP contribution in [-0.4, -0.2) is 27.1 Å². The Kier molecular flexibility index (Phi) is 8.36. The third-order valence-electron chi connectivity index (χ3n) is 6.26. The van der Waals surface area contributed by atoms with Crippen molar-refractivity contribution in [3.63, 3.8) is 0 Å². The molecule has 0 aliphatic heterocycles. The average molecular weight is 531 g/mol. The van der Waals surface area contributed by atoms with Crippen LogP contribution in [0.25, 0.3) is 0 Å². The van der Waals surface area contributed by atoms with Gasteiger partial charge in [-0.3, -0.25) is 9.10 Å². The van der Waals surface area contributed by atoms with Crippen molar-refractivity contribution in [1.82, 2.24) is 5.32 Å². The second-order valence-corrected chi connectivity index (χ2v) is 11.3. The number of sulfonamides is 1. The lowest BCUT2D eigenvalue weighted by atomic mass is 9.94.